The minimum atomic E-state index is -0.417. The molecule has 0 spiro atoms. The fourth-order valence-corrected chi connectivity index (χ4v) is 5.46. The van der Waals surface area contributed by atoms with E-state index < -0.39 is 11.9 Å². The summed E-state index contributed by atoms with van der Waals surface area (Å²) in [7, 11) is 0. The SMILES string of the molecule is CCCCCCCCCCCCCCCCCC(=O)OOC(=O)CCCCCCCCCCCCCCCCC. The lowest BCUT2D eigenvalue weighted by molar-refractivity contribution is -0.259. The summed E-state index contributed by atoms with van der Waals surface area (Å²) in [5, 5.41) is 0. The van der Waals surface area contributed by atoms with Gasteiger partial charge >= 0.3 is 11.9 Å². The minimum Gasteiger partial charge on any atom is -0.247 e. The molecule has 0 saturated heterocycles. The van der Waals surface area contributed by atoms with E-state index in [-0.39, 0.29) is 0 Å². The molecule has 0 bridgehead atoms. The fraction of sp³-hybridized carbons (Fsp3) is 0.944. The van der Waals surface area contributed by atoms with Gasteiger partial charge in [0.15, 0.2) is 0 Å². The molecule has 0 N–H and O–H groups in total. The first kappa shape index (κ1) is 38.9. The summed E-state index contributed by atoms with van der Waals surface area (Å²) in [6.07, 6.45) is 39.6. The van der Waals surface area contributed by atoms with E-state index in [9.17, 15) is 9.59 Å². The molecule has 0 aromatic rings. The molecule has 0 amide bonds. The second-order valence-electron chi connectivity index (χ2n) is 12.3. The highest BCUT2D eigenvalue weighted by atomic mass is 17.2. The Hall–Kier alpha value is -1.06. The first-order chi connectivity index (χ1) is 19.7. The minimum absolute atomic E-state index is 0.338. The Morgan fingerprint density at radius 2 is 0.475 bits per heavy atom. The van der Waals surface area contributed by atoms with Crippen molar-refractivity contribution < 1.29 is 19.4 Å². The Kier molecular flexibility index (Phi) is 33.2. The Bertz CT molecular complexity index is 473. The van der Waals surface area contributed by atoms with Crippen LogP contribution in [0.3, 0.4) is 0 Å². The van der Waals surface area contributed by atoms with Crippen molar-refractivity contribution in [1.29, 1.82) is 0 Å². The Balaban J connectivity index is 3.27. The summed E-state index contributed by atoms with van der Waals surface area (Å²) in [5.41, 5.74) is 0. The van der Waals surface area contributed by atoms with Crippen LogP contribution in [0.5, 0.6) is 0 Å². The highest BCUT2D eigenvalue weighted by Crippen LogP contribution is 2.15. The van der Waals surface area contributed by atoms with Gasteiger partial charge in [-0.3, -0.25) is 0 Å². The number of carbonyl (C=O) groups excluding carboxylic acids is 2. The van der Waals surface area contributed by atoms with Crippen LogP contribution in [0.2, 0.25) is 0 Å². The molecule has 0 aliphatic carbocycles. The second-order valence-corrected chi connectivity index (χ2v) is 12.3. The normalized spacial score (nSPS) is 11.2. The van der Waals surface area contributed by atoms with Crippen molar-refractivity contribution in [3.05, 3.63) is 0 Å². The van der Waals surface area contributed by atoms with Gasteiger partial charge in [0.25, 0.3) is 0 Å². The predicted octanol–water partition coefficient (Wildman–Crippen LogP) is 12.5. The van der Waals surface area contributed by atoms with Gasteiger partial charge in [-0.05, 0) is 12.8 Å². The predicted molar refractivity (Wildman–Crippen MR) is 171 cm³/mol. The van der Waals surface area contributed by atoms with E-state index in [0.717, 1.165) is 25.7 Å². The number of rotatable bonds is 32. The van der Waals surface area contributed by atoms with Gasteiger partial charge in [-0.2, -0.15) is 0 Å². The lowest BCUT2D eigenvalue weighted by Crippen LogP contribution is -2.11. The third-order valence-corrected chi connectivity index (χ3v) is 8.20. The Morgan fingerprint density at radius 1 is 0.300 bits per heavy atom. The fourth-order valence-electron chi connectivity index (χ4n) is 5.46. The standard InChI is InChI=1S/C36H70O4/c1-3-5-7-9-11-13-15-17-19-21-23-25-27-29-31-33-35(37)39-40-36(38)34-32-30-28-26-24-22-20-18-16-14-12-10-8-6-4-2/h3-34H2,1-2H3. The van der Waals surface area contributed by atoms with Crippen LogP contribution in [0.25, 0.3) is 0 Å². The van der Waals surface area contributed by atoms with E-state index in [1.54, 1.807) is 0 Å². The van der Waals surface area contributed by atoms with Crippen molar-refractivity contribution in [3.63, 3.8) is 0 Å². The van der Waals surface area contributed by atoms with Gasteiger partial charge in [-0.1, -0.05) is 194 Å². The van der Waals surface area contributed by atoms with E-state index in [1.807, 2.05) is 0 Å². The largest absolute Gasteiger partial charge is 0.355 e. The van der Waals surface area contributed by atoms with E-state index in [4.69, 9.17) is 9.78 Å². The van der Waals surface area contributed by atoms with Crippen LogP contribution in [-0.4, -0.2) is 11.9 Å². The van der Waals surface area contributed by atoms with Gasteiger partial charge in [0, 0.05) is 0 Å². The van der Waals surface area contributed by atoms with E-state index >= 15 is 0 Å². The van der Waals surface area contributed by atoms with Crippen molar-refractivity contribution in [3.8, 4) is 0 Å². The topological polar surface area (TPSA) is 52.6 Å². The molecule has 0 saturated carbocycles. The third-order valence-electron chi connectivity index (χ3n) is 8.20. The molecule has 0 heterocycles. The lowest BCUT2D eigenvalue weighted by Gasteiger charge is -2.05. The highest BCUT2D eigenvalue weighted by Gasteiger charge is 2.09. The first-order valence-electron chi connectivity index (χ1n) is 18.1. The van der Waals surface area contributed by atoms with Crippen molar-refractivity contribution >= 4 is 11.9 Å². The molecular weight excluding hydrogens is 496 g/mol. The monoisotopic (exact) mass is 567 g/mol. The molecule has 4 heteroatoms. The van der Waals surface area contributed by atoms with Gasteiger partial charge in [0.1, 0.15) is 0 Å². The first-order valence-corrected chi connectivity index (χ1v) is 18.1. The van der Waals surface area contributed by atoms with E-state index in [1.165, 1.54) is 167 Å². The second kappa shape index (κ2) is 34.1. The molecule has 40 heavy (non-hydrogen) atoms. The molecule has 4 nitrogen and oxygen atoms in total. The molecule has 0 atom stereocenters. The van der Waals surface area contributed by atoms with E-state index in [2.05, 4.69) is 13.8 Å². The van der Waals surface area contributed by atoms with Crippen molar-refractivity contribution in [1.82, 2.24) is 0 Å². The number of hydrogen-bond donors (Lipinski definition) is 0. The van der Waals surface area contributed by atoms with Crippen LogP contribution in [0.15, 0.2) is 0 Å². The number of carbonyl (C=O) groups is 2. The number of unbranched alkanes of at least 4 members (excludes halogenated alkanes) is 28. The summed E-state index contributed by atoms with van der Waals surface area (Å²) < 4.78 is 0. The summed E-state index contributed by atoms with van der Waals surface area (Å²) in [6, 6.07) is 0. The van der Waals surface area contributed by atoms with Crippen LogP contribution >= 0.6 is 0 Å². The molecule has 0 fully saturated rings. The van der Waals surface area contributed by atoms with Gasteiger partial charge in [0.05, 0.1) is 12.8 Å². The van der Waals surface area contributed by atoms with Gasteiger partial charge in [-0.25, -0.2) is 19.4 Å². The maximum absolute atomic E-state index is 11.8. The molecule has 0 aliphatic heterocycles. The summed E-state index contributed by atoms with van der Waals surface area (Å²) in [5.74, 6) is -0.834. The van der Waals surface area contributed by atoms with E-state index in [0.29, 0.717) is 12.8 Å². The average Bonchev–Trinajstić information content (AvgIpc) is 2.96. The zero-order chi connectivity index (χ0) is 29.2. The smallest absolute Gasteiger partial charge is 0.247 e. The summed E-state index contributed by atoms with van der Waals surface area (Å²) in [4.78, 5) is 33.0. The van der Waals surface area contributed by atoms with Crippen LogP contribution in [0.4, 0.5) is 0 Å². The summed E-state index contributed by atoms with van der Waals surface area (Å²) in [6.45, 7) is 4.55. The highest BCUT2D eigenvalue weighted by molar-refractivity contribution is 5.72. The molecule has 238 valence electrons. The molecule has 0 rings (SSSR count). The molecule has 0 unspecified atom stereocenters. The molecule has 0 radical (unpaired) electrons. The Labute approximate surface area is 250 Å². The molecule has 0 aliphatic rings. The van der Waals surface area contributed by atoms with Crippen molar-refractivity contribution in [2.45, 2.75) is 219 Å². The maximum atomic E-state index is 11.8. The zero-order valence-corrected chi connectivity index (χ0v) is 27.3. The van der Waals surface area contributed by atoms with Gasteiger partial charge in [0.2, 0.25) is 0 Å². The lowest BCUT2D eigenvalue weighted by atomic mass is 10.0. The average molecular weight is 567 g/mol. The van der Waals surface area contributed by atoms with Crippen molar-refractivity contribution in [2.75, 3.05) is 0 Å². The number of hydrogen-bond acceptors (Lipinski definition) is 4. The molecular formula is C36H70O4. The Morgan fingerprint density at radius 3 is 0.675 bits per heavy atom. The van der Waals surface area contributed by atoms with Crippen LogP contribution in [0.1, 0.15) is 219 Å². The zero-order valence-electron chi connectivity index (χ0n) is 27.3. The maximum Gasteiger partial charge on any atom is 0.355 e. The quantitative estimate of drug-likeness (QED) is 0.0461. The van der Waals surface area contributed by atoms with Gasteiger partial charge < -0.3 is 0 Å². The van der Waals surface area contributed by atoms with Gasteiger partial charge in [-0.15, -0.1) is 0 Å². The van der Waals surface area contributed by atoms with Crippen LogP contribution in [0, 0.1) is 0 Å². The van der Waals surface area contributed by atoms with Crippen LogP contribution in [-0.2, 0) is 19.4 Å². The summed E-state index contributed by atoms with van der Waals surface area (Å²) >= 11 is 0. The van der Waals surface area contributed by atoms with Crippen LogP contribution < -0.4 is 0 Å². The van der Waals surface area contributed by atoms with Crippen molar-refractivity contribution in [2.24, 2.45) is 0 Å². The molecule has 0 aromatic carbocycles. The molecule has 0 aromatic heterocycles. The third kappa shape index (κ3) is 33.1.